The van der Waals surface area contributed by atoms with Crippen LogP contribution in [0.25, 0.3) is 0 Å². The van der Waals surface area contributed by atoms with Crippen molar-refractivity contribution in [2.75, 3.05) is 6.54 Å². The summed E-state index contributed by atoms with van der Waals surface area (Å²) in [7, 11) is 0. The Morgan fingerprint density at radius 3 is 3.00 bits per heavy atom. The van der Waals surface area contributed by atoms with Crippen LogP contribution in [0.15, 0.2) is 0 Å². The van der Waals surface area contributed by atoms with Gasteiger partial charge in [0.1, 0.15) is 0 Å². The number of tetrazole rings is 1. The minimum Gasteiger partial charge on any atom is -0.310 e. The monoisotopic (exact) mass is 195 g/mol. The van der Waals surface area contributed by atoms with Gasteiger partial charge < -0.3 is 5.32 Å². The summed E-state index contributed by atoms with van der Waals surface area (Å²) in [4.78, 5) is 0. The number of nitrogens with zero attached hydrogens (tertiary/aromatic N) is 4. The Morgan fingerprint density at radius 1 is 1.50 bits per heavy atom. The number of hydrogen-bond acceptors (Lipinski definition) is 4. The smallest absolute Gasteiger partial charge is 0.165 e. The summed E-state index contributed by atoms with van der Waals surface area (Å²) in [5.41, 5.74) is 0. The van der Waals surface area contributed by atoms with Gasteiger partial charge in [-0.3, -0.25) is 0 Å². The quantitative estimate of drug-likeness (QED) is 0.753. The normalized spacial score (nSPS) is 25.3. The molecule has 1 N–H and O–H groups in total. The largest absolute Gasteiger partial charge is 0.310 e. The van der Waals surface area contributed by atoms with Gasteiger partial charge in [-0.1, -0.05) is 20.3 Å². The Morgan fingerprint density at radius 2 is 2.36 bits per heavy atom. The fourth-order valence-electron chi connectivity index (χ4n) is 1.79. The van der Waals surface area contributed by atoms with Crippen LogP contribution in [0.2, 0.25) is 0 Å². The fourth-order valence-corrected chi connectivity index (χ4v) is 1.79. The molecule has 1 aromatic heterocycles. The minimum atomic E-state index is 0.559. The standard InChI is InChI=1S/C9H17N5/c1-3-7-5-8(7)14-9(6-10-4-2)11-12-13-14/h7-8,10H,3-6H2,1-2H3. The minimum absolute atomic E-state index is 0.559. The van der Waals surface area contributed by atoms with Gasteiger partial charge in [-0.15, -0.1) is 5.10 Å². The second-order valence-electron chi connectivity index (χ2n) is 3.79. The summed E-state index contributed by atoms with van der Waals surface area (Å²) >= 11 is 0. The van der Waals surface area contributed by atoms with E-state index in [1.165, 1.54) is 12.8 Å². The molecule has 0 spiro atoms. The first-order valence-electron chi connectivity index (χ1n) is 5.34. The topological polar surface area (TPSA) is 55.6 Å². The fraction of sp³-hybridized carbons (Fsp3) is 0.889. The highest BCUT2D eigenvalue weighted by molar-refractivity contribution is 4.95. The predicted molar refractivity (Wildman–Crippen MR) is 52.6 cm³/mol. The van der Waals surface area contributed by atoms with Crippen LogP contribution >= 0.6 is 0 Å². The maximum Gasteiger partial charge on any atom is 0.165 e. The van der Waals surface area contributed by atoms with Gasteiger partial charge in [0.15, 0.2) is 5.82 Å². The molecule has 0 radical (unpaired) electrons. The van der Waals surface area contributed by atoms with Gasteiger partial charge in [-0.05, 0) is 29.3 Å². The average Bonchev–Trinajstić information content (AvgIpc) is 2.85. The molecule has 0 saturated heterocycles. The van der Waals surface area contributed by atoms with Gasteiger partial charge in [0.25, 0.3) is 0 Å². The summed E-state index contributed by atoms with van der Waals surface area (Å²) in [6, 6.07) is 0.559. The molecular formula is C9H17N5. The van der Waals surface area contributed by atoms with Gasteiger partial charge in [0, 0.05) is 0 Å². The SMILES string of the molecule is CCNCc1nnnn1C1CC1CC. The predicted octanol–water partition coefficient (Wildman–Crippen LogP) is 0.754. The molecule has 1 aliphatic rings. The van der Waals surface area contributed by atoms with Crippen LogP contribution in [-0.4, -0.2) is 26.8 Å². The Labute approximate surface area is 83.9 Å². The van der Waals surface area contributed by atoms with Crippen molar-refractivity contribution in [1.29, 1.82) is 0 Å². The molecule has 0 aliphatic heterocycles. The van der Waals surface area contributed by atoms with E-state index in [1.807, 2.05) is 4.68 Å². The molecule has 2 unspecified atom stereocenters. The first-order valence-corrected chi connectivity index (χ1v) is 5.34. The first kappa shape index (κ1) is 9.58. The zero-order valence-corrected chi connectivity index (χ0v) is 8.77. The molecule has 2 atom stereocenters. The third kappa shape index (κ3) is 1.77. The van der Waals surface area contributed by atoms with Crippen LogP contribution in [0.3, 0.4) is 0 Å². The average molecular weight is 195 g/mol. The summed E-state index contributed by atoms with van der Waals surface area (Å²) < 4.78 is 1.98. The molecule has 14 heavy (non-hydrogen) atoms. The molecule has 1 heterocycles. The van der Waals surface area contributed by atoms with E-state index in [4.69, 9.17) is 0 Å². The van der Waals surface area contributed by atoms with Gasteiger partial charge in [0.05, 0.1) is 12.6 Å². The lowest BCUT2D eigenvalue weighted by Crippen LogP contribution is -2.16. The second kappa shape index (κ2) is 4.04. The van der Waals surface area contributed by atoms with Crippen LogP contribution in [-0.2, 0) is 6.54 Å². The molecule has 1 aromatic rings. The van der Waals surface area contributed by atoms with Crippen molar-refractivity contribution >= 4 is 0 Å². The van der Waals surface area contributed by atoms with Gasteiger partial charge in [0.2, 0.25) is 0 Å². The van der Waals surface area contributed by atoms with E-state index in [0.29, 0.717) is 6.04 Å². The highest BCUT2D eigenvalue weighted by Gasteiger charge is 2.39. The second-order valence-corrected chi connectivity index (χ2v) is 3.79. The molecule has 78 valence electrons. The molecule has 1 saturated carbocycles. The van der Waals surface area contributed by atoms with E-state index in [2.05, 4.69) is 34.7 Å². The maximum atomic E-state index is 4.04. The lowest BCUT2D eigenvalue weighted by Gasteiger charge is -2.03. The van der Waals surface area contributed by atoms with Crippen molar-refractivity contribution < 1.29 is 0 Å². The maximum absolute atomic E-state index is 4.04. The summed E-state index contributed by atoms with van der Waals surface area (Å²) in [5, 5.41) is 15.0. The Hall–Kier alpha value is -0.970. The third-order valence-corrected chi connectivity index (χ3v) is 2.82. The van der Waals surface area contributed by atoms with Gasteiger partial charge >= 0.3 is 0 Å². The van der Waals surface area contributed by atoms with Crippen molar-refractivity contribution in [3.8, 4) is 0 Å². The highest BCUT2D eigenvalue weighted by atomic mass is 15.6. The van der Waals surface area contributed by atoms with E-state index in [-0.39, 0.29) is 0 Å². The van der Waals surface area contributed by atoms with E-state index >= 15 is 0 Å². The van der Waals surface area contributed by atoms with Crippen molar-refractivity contribution in [3.05, 3.63) is 5.82 Å². The van der Waals surface area contributed by atoms with E-state index in [1.54, 1.807) is 0 Å². The van der Waals surface area contributed by atoms with Crippen LogP contribution < -0.4 is 5.32 Å². The van der Waals surface area contributed by atoms with Crippen LogP contribution in [0.5, 0.6) is 0 Å². The van der Waals surface area contributed by atoms with Gasteiger partial charge in [-0.25, -0.2) is 4.68 Å². The summed E-state index contributed by atoms with van der Waals surface area (Å²) in [6.45, 7) is 6.03. The molecule has 5 heteroatoms. The van der Waals surface area contributed by atoms with E-state index < -0.39 is 0 Å². The first-order chi connectivity index (χ1) is 6.86. The van der Waals surface area contributed by atoms with Gasteiger partial charge in [-0.2, -0.15) is 0 Å². The van der Waals surface area contributed by atoms with Crippen molar-refractivity contribution in [3.63, 3.8) is 0 Å². The third-order valence-electron chi connectivity index (χ3n) is 2.82. The molecule has 0 aromatic carbocycles. The lowest BCUT2D eigenvalue weighted by atomic mass is 10.3. The lowest BCUT2D eigenvalue weighted by molar-refractivity contribution is 0.524. The van der Waals surface area contributed by atoms with E-state index in [0.717, 1.165) is 24.8 Å². The Balaban J connectivity index is 2.00. The molecule has 1 fully saturated rings. The van der Waals surface area contributed by atoms with Crippen LogP contribution in [0.4, 0.5) is 0 Å². The Kier molecular flexibility index (Phi) is 2.77. The zero-order chi connectivity index (χ0) is 9.97. The number of hydrogen-bond donors (Lipinski definition) is 1. The molecule has 5 nitrogen and oxygen atoms in total. The molecule has 0 bridgehead atoms. The number of aromatic nitrogens is 4. The summed E-state index contributed by atoms with van der Waals surface area (Å²) in [6.07, 6.45) is 2.46. The highest BCUT2D eigenvalue weighted by Crippen LogP contribution is 2.45. The Bertz CT molecular complexity index is 295. The van der Waals surface area contributed by atoms with Crippen molar-refractivity contribution in [2.24, 2.45) is 5.92 Å². The van der Waals surface area contributed by atoms with E-state index in [9.17, 15) is 0 Å². The zero-order valence-electron chi connectivity index (χ0n) is 8.77. The number of rotatable bonds is 5. The molecule has 1 aliphatic carbocycles. The van der Waals surface area contributed by atoms with Crippen molar-refractivity contribution in [2.45, 2.75) is 39.3 Å². The van der Waals surface area contributed by atoms with Crippen molar-refractivity contribution in [1.82, 2.24) is 25.5 Å². The summed E-state index contributed by atoms with van der Waals surface area (Å²) in [5.74, 6) is 1.76. The van der Waals surface area contributed by atoms with Crippen LogP contribution in [0.1, 0.15) is 38.6 Å². The molecule has 0 amide bonds. The van der Waals surface area contributed by atoms with Crippen LogP contribution in [0, 0.1) is 5.92 Å². The molecule has 2 rings (SSSR count). The number of nitrogens with one attached hydrogen (secondary N) is 1. The molecular weight excluding hydrogens is 178 g/mol.